The van der Waals surface area contributed by atoms with Gasteiger partial charge in [0.25, 0.3) is 0 Å². The first-order valence-electron chi connectivity index (χ1n) is 6.70. The van der Waals surface area contributed by atoms with Crippen LogP contribution in [0.3, 0.4) is 0 Å². The summed E-state index contributed by atoms with van der Waals surface area (Å²) in [5, 5.41) is 5.28. The molecule has 102 valence electrons. The lowest BCUT2D eigenvalue weighted by atomic mass is 10.1. The van der Waals surface area contributed by atoms with Gasteiger partial charge < -0.3 is 5.32 Å². The molecule has 1 unspecified atom stereocenters. The number of rotatable bonds is 9. The number of hydrogen-bond acceptors (Lipinski definition) is 3. The highest BCUT2D eigenvalue weighted by Crippen LogP contribution is 2.18. The van der Waals surface area contributed by atoms with Gasteiger partial charge in [0.1, 0.15) is 0 Å². The largest absolute Gasteiger partial charge is 0.314 e. The molecule has 1 N–H and O–H groups in total. The van der Waals surface area contributed by atoms with Crippen LogP contribution in [0.1, 0.15) is 39.5 Å². The normalized spacial score (nSPS) is 12.6. The SMILES string of the molecule is CCCNC(C)CCCCSc1ccc(Cl)cn1. The first-order valence-corrected chi connectivity index (χ1v) is 8.06. The van der Waals surface area contributed by atoms with Crippen molar-refractivity contribution >= 4 is 23.4 Å². The Balaban J connectivity index is 2.03. The number of hydrogen-bond donors (Lipinski definition) is 1. The molecule has 0 bridgehead atoms. The van der Waals surface area contributed by atoms with Gasteiger partial charge in [-0.25, -0.2) is 4.98 Å². The van der Waals surface area contributed by atoms with Crippen LogP contribution in [0.25, 0.3) is 0 Å². The van der Waals surface area contributed by atoms with Crippen LogP contribution in [-0.2, 0) is 0 Å². The maximum atomic E-state index is 5.79. The van der Waals surface area contributed by atoms with Crippen LogP contribution in [0.15, 0.2) is 23.4 Å². The predicted octanol–water partition coefficient (Wildman–Crippen LogP) is 4.39. The van der Waals surface area contributed by atoms with Gasteiger partial charge in [0.2, 0.25) is 0 Å². The molecular formula is C14H23ClN2S. The second-order valence-electron chi connectivity index (χ2n) is 4.51. The smallest absolute Gasteiger partial charge is 0.0960 e. The Labute approximate surface area is 120 Å². The molecule has 0 aliphatic rings. The second kappa shape index (κ2) is 9.65. The molecule has 1 aromatic heterocycles. The van der Waals surface area contributed by atoms with Gasteiger partial charge in [-0.3, -0.25) is 0 Å². The summed E-state index contributed by atoms with van der Waals surface area (Å²) >= 11 is 7.60. The first-order chi connectivity index (χ1) is 8.72. The molecule has 0 radical (unpaired) electrons. The Morgan fingerprint density at radius 1 is 1.39 bits per heavy atom. The number of pyridine rings is 1. The number of halogens is 1. The Kier molecular flexibility index (Phi) is 8.47. The van der Waals surface area contributed by atoms with Crippen molar-refractivity contribution in [3.63, 3.8) is 0 Å². The zero-order valence-electron chi connectivity index (χ0n) is 11.3. The maximum Gasteiger partial charge on any atom is 0.0960 e. The van der Waals surface area contributed by atoms with Gasteiger partial charge in [0, 0.05) is 12.2 Å². The third-order valence-corrected chi connectivity index (χ3v) is 3.98. The summed E-state index contributed by atoms with van der Waals surface area (Å²) in [7, 11) is 0. The van der Waals surface area contributed by atoms with E-state index in [0.717, 1.165) is 17.3 Å². The summed E-state index contributed by atoms with van der Waals surface area (Å²) in [6, 6.07) is 4.52. The fraction of sp³-hybridized carbons (Fsp3) is 0.643. The minimum atomic E-state index is 0.642. The van der Waals surface area contributed by atoms with Crippen LogP contribution in [0.4, 0.5) is 0 Å². The van der Waals surface area contributed by atoms with Crippen molar-refractivity contribution in [3.05, 3.63) is 23.4 Å². The molecule has 0 aromatic carbocycles. The number of thioether (sulfide) groups is 1. The van der Waals surface area contributed by atoms with E-state index in [9.17, 15) is 0 Å². The van der Waals surface area contributed by atoms with E-state index in [1.807, 2.05) is 23.9 Å². The van der Waals surface area contributed by atoms with Crippen LogP contribution < -0.4 is 5.32 Å². The van der Waals surface area contributed by atoms with Crippen LogP contribution in [-0.4, -0.2) is 23.3 Å². The van der Waals surface area contributed by atoms with E-state index in [4.69, 9.17) is 11.6 Å². The predicted molar refractivity (Wildman–Crippen MR) is 81.6 cm³/mol. The monoisotopic (exact) mass is 286 g/mol. The van der Waals surface area contributed by atoms with Gasteiger partial charge in [-0.1, -0.05) is 24.9 Å². The van der Waals surface area contributed by atoms with Gasteiger partial charge in [-0.05, 0) is 50.6 Å². The molecule has 1 atom stereocenters. The van der Waals surface area contributed by atoms with Crippen molar-refractivity contribution in [3.8, 4) is 0 Å². The molecule has 18 heavy (non-hydrogen) atoms. The molecule has 1 aromatic rings. The third kappa shape index (κ3) is 7.24. The standard InChI is InChI=1S/C14H23ClN2S/c1-3-9-16-12(2)6-4-5-10-18-14-8-7-13(15)11-17-14/h7-8,11-12,16H,3-6,9-10H2,1-2H3. The van der Waals surface area contributed by atoms with Crippen LogP contribution >= 0.6 is 23.4 Å². The van der Waals surface area contributed by atoms with Crippen molar-refractivity contribution in [1.82, 2.24) is 10.3 Å². The number of nitrogens with one attached hydrogen (secondary N) is 1. The molecule has 1 heterocycles. The fourth-order valence-corrected chi connectivity index (χ4v) is 2.63. The highest BCUT2D eigenvalue weighted by Gasteiger charge is 2.00. The molecule has 0 saturated carbocycles. The fourth-order valence-electron chi connectivity index (χ4n) is 1.67. The zero-order valence-corrected chi connectivity index (χ0v) is 12.9. The summed E-state index contributed by atoms with van der Waals surface area (Å²) in [6.07, 6.45) is 6.70. The summed E-state index contributed by atoms with van der Waals surface area (Å²) < 4.78 is 0. The van der Waals surface area contributed by atoms with Crippen LogP contribution in [0.2, 0.25) is 5.02 Å². The third-order valence-electron chi connectivity index (χ3n) is 2.72. The van der Waals surface area contributed by atoms with E-state index in [-0.39, 0.29) is 0 Å². The number of aromatic nitrogens is 1. The van der Waals surface area contributed by atoms with Gasteiger partial charge >= 0.3 is 0 Å². The van der Waals surface area contributed by atoms with E-state index < -0.39 is 0 Å². The molecule has 0 aliphatic heterocycles. The molecule has 0 aliphatic carbocycles. The minimum Gasteiger partial charge on any atom is -0.314 e. The topological polar surface area (TPSA) is 24.9 Å². The Hall–Kier alpha value is -0.250. The summed E-state index contributed by atoms with van der Waals surface area (Å²) in [5.74, 6) is 1.13. The van der Waals surface area contributed by atoms with Crippen LogP contribution in [0.5, 0.6) is 0 Å². The van der Waals surface area contributed by atoms with E-state index in [2.05, 4.69) is 24.1 Å². The quantitative estimate of drug-likeness (QED) is 0.538. The zero-order chi connectivity index (χ0) is 13.2. The lowest BCUT2D eigenvalue weighted by Crippen LogP contribution is -2.26. The highest BCUT2D eigenvalue weighted by molar-refractivity contribution is 7.99. The highest BCUT2D eigenvalue weighted by atomic mass is 35.5. The average Bonchev–Trinajstić information content (AvgIpc) is 2.38. The molecule has 0 fully saturated rings. The van der Waals surface area contributed by atoms with Gasteiger partial charge in [-0.15, -0.1) is 11.8 Å². The average molecular weight is 287 g/mol. The van der Waals surface area contributed by atoms with Crippen molar-refractivity contribution < 1.29 is 0 Å². The molecule has 0 spiro atoms. The van der Waals surface area contributed by atoms with Crippen molar-refractivity contribution in [2.45, 2.75) is 50.6 Å². The summed E-state index contributed by atoms with van der Waals surface area (Å²) in [6.45, 7) is 5.60. The van der Waals surface area contributed by atoms with Crippen LogP contribution in [0, 0.1) is 0 Å². The van der Waals surface area contributed by atoms with E-state index in [0.29, 0.717) is 11.1 Å². The first kappa shape index (κ1) is 15.8. The Morgan fingerprint density at radius 3 is 2.89 bits per heavy atom. The number of nitrogens with zero attached hydrogens (tertiary/aromatic N) is 1. The minimum absolute atomic E-state index is 0.642. The molecule has 1 rings (SSSR count). The second-order valence-corrected chi connectivity index (χ2v) is 6.07. The summed E-state index contributed by atoms with van der Waals surface area (Å²) in [4.78, 5) is 4.27. The van der Waals surface area contributed by atoms with Crippen molar-refractivity contribution in [2.24, 2.45) is 0 Å². The van der Waals surface area contributed by atoms with Crippen molar-refractivity contribution in [2.75, 3.05) is 12.3 Å². The lowest BCUT2D eigenvalue weighted by Gasteiger charge is -2.12. The van der Waals surface area contributed by atoms with E-state index in [1.165, 1.54) is 25.7 Å². The molecule has 0 amide bonds. The molecule has 0 saturated heterocycles. The van der Waals surface area contributed by atoms with E-state index >= 15 is 0 Å². The lowest BCUT2D eigenvalue weighted by molar-refractivity contribution is 0.496. The van der Waals surface area contributed by atoms with Gasteiger partial charge in [0.05, 0.1) is 10.0 Å². The van der Waals surface area contributed by atoms with Crippen molar-refractivity contribution in [1.29, 1.82) is 0 Å². The molecular weight excluding hydrogens is 264 g/mol. The summed E-state index contributed by atoms with van der Waals surface area (Å²) in [5.41, 5.74) is 0. The van der Waals surface area contributed by atoms with Gasteiger partial charge in [0.15, 0.2) is 0 Å². The Morgan fingerprint density at radius 2 is 2.22 bits per heavy atom. The Bertz CT molecular complexity index is 316. The molecule has 4 heteroatoms. The molecule has 2 nitrogen and oxygen atoms in total. The van der Waals surface area contributed by atoms with Gasteiger partial charge in [-0.2, -0.15) is 0 Å². The maximum absolute atomic E-state index is 5.79. The van der Waals surface area contributed by atoms with E-state index in [1.54, 1.807) is 6.20 Å². The number of unbranched alkanes of at least 4 members (excludes halogenated alkanes) is 1.